The highest BCUT2D eigenvalue weighted by atomic mass is 16.5. The molecule has 0 fully saturated rings. The second-order valence-corrected chi connectivity index (χ2v) is 9.91. The van der Waals surface area contributed by atoms with Crippen molar-refractivity contribution in [3.05, 3.63) is 24.0 Å². The van der Waals surface area contributed by atoms with Crippen LogP contribution in [0, 0.1) is 11.8 Å². The van der Waals surface area contributed by atoms with E-state index in [4.69, 9.17) is 9.84 Å². The van der Waals surface area contributed by atoms with E-state index in [0.717, 1.165) is 50.8 Å². The van der Waals surface area contributed by atoms with Crippen molar-refractivity contribution in [2.75, 3.05) is 19.8 Å². The van der Waals surface area contributed by atoms with Gasteiger partial charge in [0.1, 0.15) is 0 Å². The summed E-state index contributed by atoms with van der Waals surface area (Å²) in [4.78, 5) is 23.1. The fourth-order valence-corrected chi connectivity index (χ4v) is 2.75. The molecule has 0 saturated heterocycles. The number of aliphatic hydroxyl groups excluding tert-OH is 1. The molecule has 36 heavy (non-hydrogen) atoms. The van der Waals surface area contributed by atoms with Crippen LogP contribution in [-0.2, 0) is 27.3 Å². The predicted octanol–water partition coefficient (Wildman–Crippen LogP) is 5.14. The Labute approximate surface area is 220 Å². The molecule has 0 aliphatic rings. The third-order valence-corrected chi connectivity index (χ3v) is 4.96. The number of nitrogens with one attached hydrogen (secondary N) is 1. The first-order valence-electron chi connectivity index (χ1n) is 13.6. The molecule has 210 valence electrons. The summed E-state index contributed by atoms with van der Waals surface area (Å²) in [5.74, 6) is 0.262. The SMILES string of the molecule is CC.CC(C)CCOC(C)(C)Cn1cc(CCCCNC(=O)/C=C/C(=O)C(C)C)nn1.CCCCO. The Morgan fingerprint density at radius 1 is 1.14 bits per heavy atom. The second-order valence-electron chi connectivity index (χ2n) is 9.91. The van der Waals surface area contributed by atoms with Gasteiger partial charge in [0.2, 0.25) is 5.91 Å². The van der Waals surface area contributed by atoms with Gasteiger partial charge in [0, 0.05) is 37.9 Å². The number of aliphatic hydroxyl groups is 1. The Morgan fingerprint density at radius 3 is 2.33 bits per heavy atom. The number of hydrogen-bond acceptors (Lipinski definition) is 6. The maximum Gasteiger partial charge on any atom is 0.244 e. The van der Waals surface area contributed by atoms with Gasteiger partial charge in [-0.15, -0.1) is 5.10 Å². The molecule has 1 amide bonds. The number of ketones is 1. The first-order chi connectivity index (χ1) is 17.0. The number of carbonyl (C=O) groups is 2. The first-order valence-corrected chi connectivity index (χ1v) is 13.6. The van der Waals surface area contributed by atoms with E-state index >= 15 is 0 Å². The van der Waals surface area contributed by atoms with Crippen LogP contribution in [0.3, 0.4) is 0 Å². The van der Waals surface area contributed by atoms with E-state index in [1.165, 1.54) is 12.2 Å². The Balaban J connectivity index is 0. The number of amides is 1. The fraction of sp³-hybridized carbons (Fsp3) is 0.786. The number of hydrogen-bond donors (Lipinski definition) is 2. The summed E-state index contributed by atoms with van der Waals surface area (Å²) in [6, 6.07) is 0. The Hall–Kier alpha value is -2.06. The average Bonchev–Trinajstić information content (AvgIpc) is 3.25. The van der Waals surface area contributed by atoms with Crippen molar-refractivity contribution >= 4 is 11.7 Å². The van der Waals surface area contributed by atoms with Crippen molar-refractivity contribution in [2.45, 2.75) is 113 Å². The van der Waals surface area contributed by atoms with E-state index in [-0.39, 0.29) is 23.2 Å². The van der Waals surface area contributed by atoms with Crippen LogP contribution in [0.1, 0.15) is 100 Å². The summed E-state index contributed by atoms with van der Waals surface area (Å²) in [5, 5.41) is 19.3. The highest BCUT2D eigenvalue weighted by Crippen LogP contribution is 2.14. The van der Waals surface area contributed by atoms with E-state index < -0.39 is 0 Å². The molecule has 1 rings (SSSR count). The molecule has 1 heterocycles. The molecule has 0 atom stereocenters. The molecule has 8 nitrogen and oxygen atoms in total. The Bertz CT molecular complexity index is 710. The molecule has 1 aromatic heterocycles. The molecule has 0 bridgehead atoms. The molecule has 0 spiro atoms. The lowest BCUT2D eigenvalue weighted by Gasteiger charge is -2.25. The highest BCUT2D eigenvalue weighted by molar-refractivity contribution is 5.98. The van der Waals surface area contributed by atoms with Gasteiger partial charge in [-0.25, -0.2) is 4.68 Å². The molecule has 0 aliphatic carbocycles. The second kappa shape index (κ2) is 22.2. The summed E-state index contributed by atoms with van der Waals surface area (Å²) < 4.78 is 7.82. The lowest BCUT2D eigenvalue weighted by Crippen LogP contribution is -2.31. The van der Waals surface area contributed by atoms with Gasteiger partial charge in [0.05, 0.1) is 17.8 Å². The number of aryl methyl sites for hydroxylation is 1. The monoisotopic (exact) mass is 510 g/mol. The largest absolute Gasteiger partial charge is 0.396 e. The van der Waals surface area contributed by atoms with Crippen molar-refractivity contribution in [3.63, 3.8) is 0 Å². The number of nitrogens with zero attached hydrogens (tertiary/aromatic N) is 3. The molecule has 0 saturated carbocycles. The molecule has 1 aromatic rings. The summed E-state index contributed by atoms with van der Waals surface area (Å²) >= 11 is 0. The summed E-state index contributed by atoms with van der Waals surface area (Å²) in [6.07, 6.45) is 10.3. The van der Waals surface area contributed by atoms with E-state index in [2.05, 4.69) is 50.2 Å². The third kappa shape index (κ3) is 21.2. The summed E-state index contributed by atoms with van der Waals surface area (Å²) in [6.45, 7) is 20.5. The van der Waals surface area contributed by atoms with Crippen LogP contribution < -0.4 is 5.32 Å². The highest BCUT2D eigenvalue weighted by Gasteiger charge is 2.20. The quantitative estimate of drug-likeness (QED) is 0.235. The maximum atomic E-state index is 11.7. The zero-order valence-electron chi connectivity index (χ0n) is 24.5. The number of allylic oxidation sites excluding steroid dienone is 1. The van der Waals surface area contributed by atoms with Crippen molar-refractivity contribution in [3.8, 4) is 0 Å². The van der Waals surface area contributed by atoms with E-state index in [1.807, 2.05) is 38.6 Å². The number of carbonyl (C=O) groups excluding carboxylic acids is 2. The first kappa shape index (κ1) is 36.1. The maximum absolute atomic E-state index is 11.7. The minimum absolute atomic E-state index is 0.0447. The molecule has 2 N–H and O–H groups in total. The van der Waals surface area contributed by atoms with Crippen LogP contribution in [-0.4, -0.2) is 57.2 Å². The minimum atomic E-state index is -0.283. The van der Waals surface area contributed by atoms with Crippen LogP contribution in [0.25, 0.3) is 0 Å². The van der Waals surface area contributed by atoms with Crippen molar-refractivity contribution < 1.29 is 19.4 Å². The van der Waals surface area contributed by atoms with Gasteiger partial charge in [-0.3, -0.25) is 9.59 Å². The van der Waals surface area contributed by atoms with Gasteiger partial charge in [-0.1, -0.05) is 60.1 Å². The van der Waals surface area contributed by atoms with Crippen molar-refractivity contribution in [1.29, 1.82) is 0 Å². The smallest absolute Gasteiger partial charge is 0.244 e. The average molecular weight is 511 g/mol. The van der Waals surface area contributed by atoms with Gasteiger partial charge < -0.3 is 15.2 Å². The van der Waals surface area contributed by atoms with Gasteiger partial charge >= 0.3 is 0 Å². The zero-order chi connectivity index (χ0) is 28.0. The Morgan fingerprint density at radius 2 is 1.81 bits per heavy atom. The summed E-state index contributed by atoms with van der Waals surface area (Å²) in [7, 11) is 0. The molecular weight excluding hydrogens is 456 g/mol. The molecular formula is C28H54N4O4. The topological polar surface area (TPSA) is 106 Å². The van der Waals surface area contributed by atoms with Crippen LogP contribution in [0.15, 0.2) is 18.3 Å². The van der Waals surface area contributed by atoms with Gasteiger partial charge in [0.25, 0.3) is 0 Å². The number of rotatable bonds is 16. The molecule has 0 radical (unpaired) electrons. The van der Waals surface area contributed by atoms with Crippen molar-refractivity contribution in [2.24, 2.45) is 11.8 Å². The lowest BCUT2D eigenvalue weighted by atomic mass is 10.1. The normalized spacial score (nSPS) is 11.2. The van der Waals surface area contributed by atoms with Crippen LogP contribution in [0.2, 0.25) is 0 Å². The van der Waals surface area contributed by atoms with Gasteiger partial charge in [-0.05, 0) is 57.9 Å². The number of unbranched alkanes of at least 4 members (excludes halogenated alkanes) is 2. The molecule has 0 aliphatic heterocycles. The third-order valence-electron chi connectivity index (χ3n) is 4.96. The standard InChI is InChI=1S/C22H38N4O3.C4H10O.C2H6/c1-17(2)12-14-29-22(5,6)16-26-15-19(24-25-26)9-7-8-13-23-21(28)11-10-20(27)18(3)4;1-2-3-4-5;1-2/h10-11,15,17-18H,7-9,12-14,16H2,1-6H3,(H,23,28);5H,2-4H2,1H3;1-2H3/b11-10+;;. The van der Waals surface area contributed by atoms with Crippen molar-refractivity contribution in [1.82, 2.24) is 20.3 Å². The van der Waals surface area contributed by atoms with Crippen LogP contribution in [0.5, 0.6) is 0 Å². The summed E-state index contributed by atoms with van der Waals surface area (Å²) in [5.41, 5.74) is 0.658. The zero-order valence-corrected chi connectivity index (χ0v) is 24.5. The fourth-order valence-electron chi connectivity index (χ4n) is 2.75. The lowest BCUT2D eigenvalue weighted by molar-refractivity contribution is -0.119. The van der Waals surface area contributed by atoms with Crippen LogP contribution >= 0.6 is 0 Å². The van der Waals surface area contributed by atoms with E-state index in [1.54, 1.807) is 0 Å². The van der Waals surface area contributed by atoms with E-state index in [9.17, 15) is 9.59 Å². The number of ether oxygens (including phenoxy) is 1. The number of aromatic nitrogens is 3. The van der Waals surface area contributed by atoms with Gasteiger partial charge in [0.15, 0.2) is 5.78 Å². The Kier molecular flexibility index (Phi) is 22.2. The van der Waals surface area contributed by atoms with E-state index in [0.29, 0.717) is 25.6 Å². The predicted molar refractivity (Wildman–Crippen MR) is 148 cm³/mol. The molecule has 0 aromatic carbocycles. The van der Waals surface area contributed by atoms with Crippen LogP contribution in [0.4, 0.5) is 0 Å². The van der Waals surface area contributed by atoms with Gasteiger partial charge in [-0.2, -0.15) is 0 Å². The molecule has 8 heteroatoms. The minimum Gasteiger partial charge on any atom is -0.396 e. The molecule has 0 unspecified atom stereocenters.